The van der Waals surface area contributed by atoms with E-state index >= 15 is 0 Å². The van der Waals surface area contributed by atoms with Gasteiger partial charge in [0.15, 0.2) is 11.4 Å². The predicted octanol–water partition coefficient (Wildman–Crippen LogP) is 2.78. The molecular formula is C19H16IN3O3. The number of benzene rings is 2. The number of hydrogen-bond acceptors (Lipinski definition) is 4. The third-order valence-corrected chi connectivity index (χ3v) is 4.42. The maximum Gasteiger partial charge on any atom is 0.275 e. The summed E-state index contributed by atoms with van der Waals surface area (Å²) in [5, 5.41) is 7.01. The van der Waals surface area contributed by atoms with E-state index in [1.54, 1.807) is 24.3 Å². The first kappa shape index (κ1) is 18.1. The van der Waals surface area contributed by atoms with Crippen molar-refractivity contribution in [2.75, 3.05) is 7.11 Å². The zero-order chi connectivity index (χ0) is 18.5. The van der Waals surface area contributed by atoms with E-state index in [1.165, 1.54) is 17.9 Å². The van der Waals surface area contributed by atoms with Gasteiger partial charge in [0, 0.05) is 10.1 Å². The zero-order valence-corrected chi connectivity index (χ0v) is 16.1. The van der Waals surface area contributed by atoms with Crippen molar-refractivity contribution in [2.24, 2.45) is 0 Å². The minimum Gasteiger partial charge on any atom is -0.494 e. The largest absolute Gasteiger partial charge is 0.494 e. The lowest BCUT2D eigenvalue weighted by Gasteiger charge is -2.11. The SMILES string of the molecule is COc1cc(=O)n(-c2ccccc2)nc1C(=O)NCc1ccc(I)cc1. The van der Waals surface area contributed by atoms with Crippen LogP contribution in [-0.4, -0.2) is 22.8 Å². The molecule has 0 aliphatic rings. The molecule has 1 N–H and O–H groups in total. The van der Waals surface area contributed by atoms with Crippen molar-refractivity contribution in [3.8, 4) is 11.4 Å². The molecule has 0 spiro atoms. The fourth-order valence-corrected chi connectivity index (χ4v) is 2.74. The number of para-hydroxylation sites is 1. The standard InChI is InChI=1S/C19H16IN3O3/c1-26-16-11-17(24)23(15-5-3-2-4-6-15)22-18(16)19(25)21-12-13-7-9-14(20)10-8-13/h2-11H,12H2,1H3,(H,21,25). The summed E-state index contributed by atoms with van der Waals surface area (Å²) in [4.78, 5) is 24.9. The second-order valence-electron chi connectivity index (χ2n) is 5.46. The highest BCUT2D eigenvalue weighted by molar-refractivity contribution is 14.1. The van der Waals surface area contributed by atoms with Crippen LogP contribution >= 0.6 is 22.6 Å². The molecule has 6 nitrogen and oxygen atoms in total. The summed E-state index contributed by atoms with van der Waals surface area (Å²) >= 11 is 2.22. The maximum absolute atomic E-state index is 12.6. The molecule has 1 amide bonds. The fraction of sp³-hybridized carbons (Fsp3) is 0.105. The molecule has 26 heavy (non-hydrogen) atoms. The maximum atomic E-state index is 12.6. The Morgan fingerprint density at radius 2 is 1.85 bits per heavy atom. The van der Waals surface area contributed by atoms with E-state index in [4.69, 9.17) is 4.74 Å². The van der Waals surface area contributed by atoms with Crippen LogP contribution in [0.2, 0.25) is 0 Å². The first-order valence-corrected chi connectivity index (χ1v) is 8.93. The summed E-state index contributed by atoms with van der Waals surface area (Å²) in [5.41, 5.74) is 1.23. The summed E-state index contributed by atoms with van der Waals surface area (Å²) < 4.78 is 7.47. The molecule has 0 bridgehead atoms. The molecular weight excluding hydrogens is 445 g/mol. The van der Waals surface area contributed by atoms with Crippen molar-refractivity contribution in [3.05, 3.63) is 85.8 Å². The number of ether oxygens (including phenoxy) is 1. The summed E-state index contributed by atoms with van der Waals surface area (Å²) in [6, 6.07) is 18.0. The molecule has 0 atom stereocenters. The minimum absolute atomic E-state index is 0.0569. The number of hydrogen-bond donors (Lipinski definition) is 1. The normalized spacial score (nSPS) is 10.4. The number of carbonyl (C=O) groups excluding carboxylic acids is 1. The van der Waals surface area contributed by atoms with Crippen molar-refractivity contribution in [1.82, 2.24) is 15.1 Å². The van der Waals surface area contributed by atoms with E-state index < -0.39 is 5.91 Å². The van der Waals surface area contributed by atoms with Gasteiger partial charge in [0.25, 0.3) is 11.5 Å². The van der Waals surface area contributed by atoms with Crippen LogP contribution in [-0.2, 0) is 6.54 Å². The van der Waals surface area contributed by atoms with Gasteiger partial charge in [-0.1, -0.05) is 30.3 Å². The Balaban J connectivity index is 1.88. The Hall–Kier alpha value is -2.68. The quantitative estimate of drug-likeness (QED) is 0.594. The van der Waals surface area contributed by atoms with Crippen LogP contribution in [0, 0.1) is 3.57 Å². The van der Waals surface area contributed by atoms with Crippen molar-refractivity contribution >= 4 is 28.5 Å². The smallest absolute Gasteiger partial charge is 0.275 e. The van der Waals surface area contributed by atoms with Gasteiger partial charge >= 0.3 is 0 Å². The third-order valence-electron chi connectivity index (χ3n) is 3.70. The Kier molecular flexibility index (Phi) is 5.67. The van der Waals surface area contributed by atoms with Crippen molar-refractivity contribution in [1.29, 1.82) is 0 Å². The number of nitrogens with one attached hydrogen (secondary N) is 1. The number of methoxy groups -OCH3 is 1. The van der Waals surface area contributed by atoms with Gasteiger partial charge in [0.1, 0.15) is 0 Å². The molecule has 0 unspecified atom stereocenters. The number of nitrogens with zero attached hydrogens (tertiary/aromatic N) is 2. The number of carbonyl (C=O) groups is 1. The van der Waals surface area contributed by atoms with Gasteiger partial charge in [0.2, 0.25) is 0 Å². The molecule has 1 heterocycles. The zero-order valence-electron chi connectivity index (χ0n) is 14.0. The molecule has 132 valence electrons. The van der Waals surface area contributed by atoms with E-state index in [1.807, 2.05) is 30.3 Å². The summed E-state index contributed by atoms with van der Waals surface area (Å²) in [7, 11) is 1.40. The molecule has 0 aliphatic carbocycles. The predicted molar refractivity (Wildman–Crippen MR) is 107 cm³/mol. The third kappa shape index (κ3) is 4.10. The van der Waals surface area contributed by atoms with Gasteiger partial charge in [-0.05, 0) is 52.4 Å². The van der Waals surface area contributed by atoms with Crippen LogP contribution in [0.5, 0.6) is 5.75 Å². The molecule has 7 heteroatoms. The number of aromatic nitrogens is 2. The van der Waals surface area contributed by atoms with Gasteiger partial charge in [-0.3, -0.25) is 9.59 Å². The van der Waals surface area contributed by atoms with E-state index in [0.717, 1.165) is 9.13 Å². The average Bonchev–Trinajstić information content (AvgIpc) is 2.67. The van der Waals surface area contributed by atoms with Gasteiger partial charge in [-0.15, -0.1) is 0 Å². The molecule has 3 rings (SSSR count). The monoisotopic (exact) mass is 461 g/mol. The second-order valence-corrected chi connectivity index (χ2v) is 6.70. The highest BCUT2D eigenvalue weighted by Gasteiger charge is 2.17. The Bertz CT molecular complexity index is 970. The van der Waals surface area contributed by atoms with Gasteiger partial charge in [-0.25, -0.2) is 0 Å². The lowest BCUT2D eigenvalue weighted by atomic mass is 10.2. The average molecular weight is 461 g/mol. The van der Waals surface area contributed by atoms with Crippen molar-refractivity contribution in [3.63, 3.8) is 0 Å². The summed E-state index contributed by atoms with van der Waals surface area (Å²) in [6.45, 7) is 0.352. The number of halogens is 1. The highest BCUT2D eigenvalue weighted by Crippen LogP contribution is 2.14. The van der Waals surface area contributed by atoms with Crippen LogP contribution in [0.4, 0.5) is 0 Å². The van der Waals surface area contributed by atoms with Gasteiger partial charge < -0.3 is 10.1 Å². The first-order chi connectivity index (χ1) is 12.6. The Labute approximate surface area is 164 Å². The summed E-state index contributed by atoms with van der Waals surface area (Å²) in [5.74, 6) is -0.271. The molecule has 3 aromatic rings. The van der Waals surface area contributed by atoms with Crippen LogP contribution in [0.25, 0.3) is 5.69 Å². The van der Waals surface area contributed by atoms with Crippen LogP contribution < -0.4 is 15.6 Å². The minimum atomic E-state index is -0.412. The van der Waals surface area contributed by atoms with Crippen LogP contribution in [0.3, 0.4) is 0 Å². The molecule has 0 radical (unpaired) electrons. The summed E-state index contributed by atoms with van der Waals surface area (Å²) in [6.07, 6.45) is 0. The molecule has 0 aliphatic heterocycles. The molecule has 0 saturated carbocycles. The number of rotatable bonds is 5. The van der Waals surface area contributed by atoms with Gasteiger partial charge in [0.05, 0.1) is 18.9 Å². The van der Waals surface area contributed by atoms with Crippen molar-refractivity contribution in [2.45, 2.75) is 6.54 Å². The van der Waals surface area contributed by atoms with Crippen LogP contribution in [0.15, 0.2) is 65.5 Å². The Morgan fingerprint density at radius 3 is 2.50 bits per heavy atom. The lowest BCUT2D eigenvalue weighted by molar-refractivity contribution is 0.0940. The first-order valence-electron chi connectivity index (χ1n) is 7.85. The highest BCUT2D eigenvalue weighted by atomic mass is 127. The molecule has 2 aromatic carbocycles. The van der Waals surface area contributed by atoms with Crippen LogP contribution in [0.1, 0.15) is 16.1 Å². The second kappa shape index (κ2) is 8.13. The molecule has 0 saturated heterocycles. The molecule has 0 fully saturated rings. The fourth-order valence-electron chi connectivity index (χ4n) is 2.38. The topological polar surface area (TPSA) is 73.2 Å². The van der Waals surface area contributed by atoms with E-state index in [-0.39, 0.29) is 17.0 Å². The Morgan fingerprint density at radius 1 is 1.15 bits per heavy atom. The van der Waals surface area contributed by atoms with Gasteiger partial charge in [-0.2, -0.15) is 9.78 Å². The van der Waals surface area contributed by atoms with E-state index in [2.05, 4.69) is 33.0 Å². The lowest BCUT2D eigenvalue weighted by Crippen LogP contribution is -2.29. The van der Waals surface area contributed by atoms with E-state index in [0.29, 0.717) is 12.2 Å². The molecule has 1 aromatic heterocycles. The van der Waals surface area contributed by atoms with E-state index in [9.17, 15) is 9.59 Å². The van der Waals surface area contributed by atoms with Crippen molar-refractivity contribution < 1.29 is 9.53 Å². The number of amides is 1.